The van der Waals surface area contributed by atoms with Gasteiger partial charge in [0.2, 0.25) is 0 Å². The third kappa shape index (κ3) is 3.32. The number of benzene rings is 2. The molecule has 0 atom stereocenters. The molecule has 114 valence electrons. The smallest absolute Gasteiger partial charge is 0.335 e. The second kappa shape index (κ2) is 6.23. The van der Waals surface area contributed by atoms with Gasteiger partial charge in [-0.1, -0.05) is 18.2 Å². The summed E-state index contributed by atoms with van der Waals surface area (Å²) in [6.07, 6.45) is 1.81. The summed E-state index contributed by atoms with van der Waals surface area (Å²) in [4.78, 5) is 10.8. The highest BCUT2D eigenvalue weighted by molar-refractivity contribution is 5.87. The van der Waals surface area contributed by atoms with Crippen molar-refractivity contribution < 1.29 is 9.90 Å². The minimum atomic E-state index is -0.964. The predicted octanol–water partition coefficient (Wildman–Crippen LogP) is 4.29. The molecule has 0 fully saturated rings. The maximum Gasteiger partial charge on any atom is 0.335 e. The van der Waals surface area contributed by atoms with Gasteiger partial charge in [-0.25, -0.2) is 9.48 Å². The van der Waals surface area contributed by atoms with E-state index >= 15 is 0 Å². The summed E-state index contributed by atoms with van der Waals surface area (Å²) in [6, 6.07) is 16.0. The van der Waals surface area contributed by atoms with E-state index < -0.39 is 5.97 Å². The summed E-state index contributed by atoms with van der Waals surface area (Å²) in [7, 11) is 0. The minimum absolute atomic E-state index is 0.219. The summed E-state index contributed by atoms with van der Waals surface area (Å²) in [5.74, 6) is -0.964. The van der Waals surface area contributed by atoms with Crippen LogP contribution in [0.4, 0.5) is 11.4 Å². The number of aryl methyl sites for hydroxylation is 1. The number of aromatic carboxylic acids is 1. The van der Waals surface area contributed by atoms with E-state index in [2.05, 4.69) is 15.3 Å². The third-order valence-corrected chi connectivity index (χ3v) is 3.28. The molecule has 0 saturated carbocycles. The Morgan fingerprint density at radius 3 is 2.39 bits per heavy atom. The van der Waals surface area contributed by atoms with Crippen LogP contribution in [0, 0.1) is 6.92 Å². The molecule has 0 spiro atoms. The number of hydrogen-bond acceptors (Lipinski definition) is 4. The first-order valence-electron chi connectivity index (χ1n) is 7.00. The topological polar surface area (TPSA) is 79.8 Å². The van der Waals surface area contributed by atoms with Crippen LogP contribution < -0.4 is 0 Å². The second-order valence-corrected chi connectivity index (χ2v) is 4.93. The van der Waals surface area contributed by atoms with Crippen LogP contribution in [0.5, 0.6) is 0 Å². The molecule has 0 aliphatic rings. The molecule has 0 bridgehead atoms. The molecule has 0 aliphatic heterocycles. The van der Waals surface area contributed by atoms with Crippen molar-refractivity contribution in [3.05, 3.63) is 72.1 Å². The molecule has 6 heteroatoms. The van der Waals surface area contributed by atoms with Gasteiger partial charge >= 0.3 is 5.97 Å². The Labute approximate surface area is 132 Å². The van der Waals surface area contributed by atoms with Gasteiger partial charge in [-0.15, -0.1) is 5.11 Å². The summed E-state index contributed by atoms with van der Waals surface area (Å²) < 4.78 is 1.75. The summed E-state index contributed by atoms with van der Waals surface area (Å²) in [5, 5.41) is 21.6. The molecule has 1 N–H and O–H groups in total. The molecule has 0 radical (unpaired) electrons. The van der Waals surface area contributed by atoms with E-state index in [4.69, 9.17) is 5.11 Å². The molecule has 3 rings (SSSR count). The van der Waals surface area contributed by atoms with Gasteiger partial charge in [-0.2, -0.15) is 10.2 Å². The van der Waals surface area contributed by atoms with Crippen molar-refractivity contribution in [3.63, 3.8) is 0 Å². The highest BCUT2D eigenvalue weighted by Gasteiger charge is 2.06. The monoisotopic (exact) mass is 306 g/mol. The zero-order valence-electron chi connectivity index (χ0n) is 12.4. The van der Waals surface area contributed by atoms with E-state index in [-0.39, 0.29) is 5.56 Å². The molecular weight excluding hydrogens is 292 g/mol. The second-order valence-electron chi connectivity index (χ2n) is 4.93. The molecule has 0 aliphatic carbocycles. The van der Waals surface area contributed by atoms with Crippen molar-refractivity contribution in [3.8, 4) is 5.69 Å². The molecule has 0 unspecified atom stereocenters. The number of aromatic nitrogens is 2. The number of carbonyl (C=O) groups is 1. The number of para-hydroxylation sites is 1. The van der Waals surface area contributed by atoms with Gasteiger partial charge in [0.15, 0.2) is 0 Å². The van der Waals surface area contributed by atoms with Crippen LogP contribution in [0.1, 0.15) is 16.1 Å². The number of rotatable bonds is 4. The molecular formula is C17H14N4O2. The molecule has 0 saturated heterocycles. The Hall–Kier alpha value is -3.28. The van der Waals surface area contributed by atoms with Crippen LogP contribution in [0.15, 0.2) is 71.0 Å². The predicted molar refractivity (Wildman–Crippen MR) is 85.9 cm³/mol. The largest absolute Gasteiger partial charge is 0.478 e. The fraction of sp³-hybridized carbons (Fsp3) is 0.0588. The number of carboxylic acids is 1. The van der Waals surface area contributed by atoms with Crippen LogP contribution >= 0.6 is 0 Å². The van der Waals surface area contributed by atoms with E-state index in [1.807, 2.05) is 37.3 Å². The maximum atomic E-state index is 10.8. The van der Waals surface area contributed by atoms with Crippen LogP contribution in [-0.4, -0.2) is 20.9 Å². The summed E-state index contributed by atoms with van der Waals surface area (Å²) >= 11 is 0. The van der Waals surface area contributed by atoms with Gasteiger partial charge in [0.1, 0.15) is 5.69 Å². The van der Waals surface area contributed by atoms with Crippen molar-refractivity contribution in [2.24, 2.45) is 10.2 Å². The standard InChI is InChI=1S/C17H14N4O2/c1-12-16(11-21(20-12)15-5-3-2-4-6-15)19-18-14-9-7-13(8-10-14)17(22)23/h2-11H,1H3,(H,22,23). The van der Waals surface area contributed by atoms with Crippen molar-refractivity contribution in [2.45, 2.75) is 6.92 Å². The highest BCUT2D eigenvalue weighted by atomic mass is 16.4. The zero-order valence-corrected chi connectivity index (χ0v) is 12.4. The van der Waals surface area contributed by atoms with Gasteiger partial charge in [0.05, 0.1) is 28.8 Å². The minimum Gasteiger partial charge on any atom is -0.478 e. The van der Waals surface area contributed by atoms with Crippen LogP contribution in [-0.2, 0) is 0 Å². The normalized spacial score (nSPS) is 11.0. The molecule has 0 amide bonds. The first-order chi connectivity index (χ1) is 11.1. The number of azo groups is 1. The van der Waals surface area contributed by atoms with E-state index in [0.29, 0.717) is 11.4 Å². The third-order valence-electron chi connectivity index (χ3n) is 3.28. The molecule has 2 aromatic carbocycles. The van der Waals surface area contributed by atoms with E-state index in [1.165, 1.54) is 12.1 Å². The van der Waals surface area contributed by atoms with Crippen molar-refractivity contribution in [2.75, 3.05) is 0 Å². The van der Waals surface area contributed by atoms with Gasteiger partial charge in [-0.3, -0.25) is 0 Å². The lowest BCUT2D eigenvalue weighted by atomic mass is 10.2. The Kier molecular flexibility index (Phi) is 3.97. The van der Waals surface area contributed by atoms with Crippen molar-refractivity contribution in [1.29, 1.82) is 0 Å². The SMILES string of the molecule is Cc1nn(-c2ccccc2)cc1N=Nc1ccc(C(=O)O)cc1. The van der Waals surface area contributed by atoms with E-state index in [1.54, 1.807) is 23.0 Å². The summed E-state index contributed by atoms with van der Waals surface area (Å²) in [6.45, 7) is 1.86. The molecule has 1 heterocycles. The first-order valence-corrected chi connectivity index (χ1v) is 7.00. The van der Waals surface area contributed by atoms with Crippen LogP contribution in [0.2, 0.25) is 0 Å². The number of nitrogens with zero attached hydrogens (tertiary/aromatic N) is 4. The average Bonchev–Trinajstić information content (AvgIpc) is 2.95. The molecule has 3 aromatic rings. The van der Waals surface area contributed by atoms with Crippen molar-refractivity contribution >= 4 is 17.3 Å². The molecule has 6 nitrogen and oxygen atoms in total. The average molecular weight is 306 g/mol. The Morgan fingerprint density at radius 2 is 1.74 bits per heavy atom. The van der Waals surface area contributed by atoms with Crippen LogP contribution in [0.3, 0.4) is 0 Å². The van der Waals surface area contributed by atoms with Gasteiger partial charge in [0.25, 0.3) is 0 Å². The Bertz CT molecular complexity index is 852. The highest BCUT2D eigenvalue weighted by Crippen LogP contribution is 2.23. The van der Waals surface area contributed by atoms with Gasteiger partial charge < -0.3 is 5.11 Å². The fourth-order valence-electron chi connectivity index (χ4n) is 2.04. The summed E-state index contributed by atoms with van der Waals surface area (Å²) in [5.41, 5.74) is 3.18. The Balaban J connectivity index is 1.82. The van der Waals surface area contributed by atoms with Crippen LogP contribution in [0.25, 0.3) is 5.69 Å². The lowest BCUT2D eigenvalue weighted by molar-refractivity contribution is 0.0697. The molecule has 1 aromatic heterocycles. The van der Waals surface area contributed by atoms with Crippen molar-refractivity contribution in [1.82, 2.24) is 9.78 Å². The first kappa shape index (κ1) is 14.6. The maximum absolute atomic E-state index is 10.8. The Morgan fingerprint density at radius 1 is 1.04 bits per heavy atom. The van der Waals surface area contributed by atoms with Gasteiger partial charge in [-0.05, 0) is 43.3 Å². The van der Waals surface area contributed by atoms with E-state index in [0.717, 1.165) is 11.4 Å². The van der Waals surface area contributed by atoms with E-state index in [9.17, 15) is 4.79 Å². The fourth-order valence-corrected chi connectivity index (χ4v) is 2.04. The van der Waals surface area contributed by atoms with Gasteiger partial charge in [0, 0.05) is 0 Å². The lowest BCUT2D eigenvalue weighted by Gasteiger charge is -1.98. The lowest BCUT2D eigenvalue weighted by Crippen LogP contribution is -1.93. The molecule has 23 heavy (non-hydrogen) atoms. The quantitative estimate of drug-likeness (QED) is 0.730. The number of carboxylic acid groups (broad SMARTS) is 1. The zero-order chi connectivity index (χ0) is 16.2. The number of hydrogen-bond donors (Lipinski definition) is 1.